The molecule has 1 atom stereocenters. The SMILES string of the molecule is CN(C)CCN1CC(C(=O)N(C)Cc2ccccc2)CCC1=O. The Bertz CT molecular complexity index is 530. The first kappa shape index (κ1) is 17.5. The number of hydrogen-bond acceptors (Lipinski definition) is 3. The highest BCUT2D eigenvalue weighted by Crippen LogP contribution is 2.20. The maximum atomic E-state index is 12.7. The van der Waals surface area contributed by atoms with Crippen molar-refractivity contribution in [1.82, 2.24) is 14.7 Å². The van der Waals surface area contributed by atoms with Crippen LogP contribution < -0.4 is 0 Å². The van der Waals surface area contributed by atoms with Crippen LogP contribution in [0.2, 0.25) is 0 Å². The second kappa shape index (κ2) is 8.11. The molecule has 2 amide bonds. The van der Waals surface area contributed by atoms with Gasteiger partial charge in [0, 0.05) is 39.6 Å². The number of hydrogen-bond donors (Lipinski definition) is 0. The van der Waals surface area contributed by atoms with Gasteiger partial charge in [-0.1, -0.05) is 30.3 Å². The van der Waals surface area contributed by atoms with Gasteiger partial charge in [-0.2, -0.15) is 0 Å². The van der Waals surface area contributed by atoms with Crippen LogP contribution in [0, 0.1) is 5.92 Å². The van der Waals surface area contributed by atoms with E-state index < -0.39 is 0 Å². The van der Waals surface area contributed by atoms with Gasteiger partial charge in [-0.25, -0.2) is 0 Å². The Hall–Kier alpha value is -1.88. The number of benzene rings is 1. The molecule has 1 unspecified atom stereocenters. The second-order valence-electron chi connectivity index (χ2n) is 6.56. The summed E-state index contributed by atoms with van der Waals surface area (Å²) in [4.78, 5) is 30.4. The molecular weight excluding hydrogens is 290 g/mol. The Balaban J connectivity index is 1.91. The highest BCUT2D eigenvalue weighted by molar-refractivity contribution is 5.83. The number of likely N-dealkylation sites (N-methyl/N-ethyl adjacent to an activating group) is 1. The molecule has 0 spiro atoms. The van der Waals surface area contributed by atoms with E-state index in [0.29, 0.717) is 32.5 Å². The van der Waals surface area contributed by atoms with Crippen LogP contribution in [0.15, 0.2) is 30.3 Å². The van der Waals surface area contributed by atoms with Gasteiger partial charge in [0.25, 0.3) is 0 Å². The average Bonchev–Trinajstić information content (AvgIpc) is 2.54. The molecule has 0 bridgehead atoms. The molecule has 0 saturated carbocycles. The normalized spacial score (nSPS) is 18.3. The fourth-order valence-electron chi connectivity index (χ4n) is 2.90. The Labute approximate surface area is 138 Å². The third kappa shape index (κ3) is 5.06. The average molecular weight is 317 g/mol. The zero-order valence-corrected chi connectivity index (χ0v) is 14.4. The van der Waals surface area contributed by atoms with Crippen molar-refractivity contribution in [2.75, 3.05) is 40.8 Å². The molecule has 2 rings (SSSR count). The molecule has 126 valence electrons. The summed E-state index contributed by atoms with van der Waals surface area (Å²) < 4.78 is 0. The van der Waals surface area contributed by atoms with Crippen molar-refractivity contribution in [3.63, 3.8) is 0 Å². The third-order valence-electron chi connectivity index (χ3n) is 4.31. The molecule has 0 N–H and O–H groups in total. The zero-order valence-electron chi connectivity index (χ0n) is 14.4. The first-order valence-corrected chi connectivity index (χ1v) is 8.18. The molecule has 1 heterocycles. The lowest BCUT2D eigenvalue weighted by Crippen LogP contribution is -2.47. The fraction of sp³-hybridized carbons (Fsp3) is 0.556. The van der Waals surface area contributed by atoms with Crippen LogP contribution in [0.25, 0.3) is 0 Å². The molecule has 1 aliphatic heterocycles. The van der Waals surface area contributed by atoms with E-state index in [1.165, 1.54) is 0 Å². The predicted molar refractivity (Wildman–Crippen MR) is 90.8 cm³/mol. The molecule has 0 aliphatic carbocycles. The van der Waals surface area contributed by atoms with Crippen molar-refractivity contribution < 1.29 is 9.59 Å². The van der Waals surface area contributed by atoms with E-state index in [1.807, 2.05) is 56.4 Å². The zero-order chi connectivity index (χ0) is 16.8. The van der Waals surface area contributed by atoms with Gasteiger partial charge in [0.15, 0.2) is 0 Å². The maximum Gasteiger partial charge on any atom is 0.227 e. The molecule has 0 radical (unpaired) electrons. The molecule has 1 aromatic rings. The highest BCUT2D eigenvalue weighted by Gasteiger charge is 2.31. The standard InChI is InChI=1S/C18H27N3O2/c1-19(2)11-12-21-14-16(9-10-17(21)22)18(23)20(3)13-15-7-5-4-6-8-15/h4-8,16H,9-14H2,1-3H3. The monoisotopic (exact) mass is 317 g/mol. The molecule has 1 aromatic carbocycles. The van der Waals surface area contributed by atoms with Crippen molar-refractivity contribution in [2.45, 2.75) is 19.4 Å². The number of rotatable bonds is 6. The summed E-state index contributed by atoms with van der Waals surface area (Å²) in [6.07, 6.45) is 1.14. The van der Waals surface area contributed by atoms with Crippen LogP contribution in [-0.2, 0) is 16.1 Å². The summed E-state index contributed by atoms with van der Waals surface area (Å²) in [5.74, 6) is 0.224. The first-order chi connectivity index (χ1) is 11.0. The second-order valence-corrected chi connectivity index (χ2v) is 6.56. The molecule has 5 heteroatoms. The van der Waals surface area contributed by atoms with E-state index in [1.54, 1.807) is 4.90 Å². The largest absolute Gasteiger partial charge is 0.341 e. The van der Waals surface area contributed by atoms with Crippen LogP contribution in [0.1, 0.15) is 18.4 Å². The van der Waals surface area contributed by atoms with Crippen molar-refractivity contribution >= 4 is 11.8 Å². The van der Waals surface area contributed by atoms with Gasteiger partial charge in [0.1, 0.15) is 0 Å². The van der Waals surface area contributed by atoms with Crippen LogP contribution in [-0.4, -0.2) is 67.3 Å². The lowest BCUT2D eigenvalue weighted by atomic mass is 9.96. The molecule has 23 heavy (non-hydrogen) atoms. The lowest BCUT2D eigenvalue weighted by Gasteiger charge is -2.34. The Morgan fingerprint density at radius 3 is 2.57 bits per heavy atom. The van der Waals surface area contributed by atoms with E-state index in [0.717, 1.165) is 12.1 Å². The topological polar surface area (TPSA) is 43.9 Å². The summed E-state index contributed by atoms with van der Waals surface area (Å²) in [6.45, 7) is 2.68. The predicted octanol–water partition coefficient (Wildman–Crippen LogP) is 1.45. The lowest BCUT2D eigenvalue weighted by molar-refractivity contribution is -0.142. The number of amides is 2. The van der Waals surface area contributed by atoms with Crippen molar-refractivity contribution in [3.05, 3.63) is 35.9 Å². The van der Waals surface area contributed by atoms with Gasteiger partial charge in [-0.15, -0.1) is 0 Å². The third-order valence-corrected chi connectivity index (χ3v) is 4.31. The number of carbonyl (C=O) groups excluding carboxylic acids is 2. The van der Waals surface area contributed by atoms with E-state index in [9.17, 15) is 9.59 Å². The van der Waals surface area contributed by atoms with Crippen molar-refractivity contribution in [2.24, 2.45) is 5.92 Å². The van der Waals surface area contributed by atoms with Gasteiger partial charge < -0.3 is 14.7 Å². The minimum Gasteiger partial charge on any atom is -0.341 e. The minimum absolute atomic E-state index is 0.0800. The van der Waals surface area contributed by atoms with Crippen LogP contribution in [0.5, 0.6) is 0 Å². The van der Waals surface area contributed by atoms with Crippen LogP contribution in [0.3, 0.4) is 0 Å². The summed E-state index contributed by atoms with van der Waals surface area (Å²) in [5, 5.41) is 0. The number of carbonyl (C=O) groups is 2. The minimum atomic E-state index is -0.0800. The maximum absolute atomic E-state index is 12.7. The molecule has 1 fully saturated rings. The van der Waals surface area contributed by atoms with Gasteiger partial charge >= 0.3 is 0 Å². The van der Waals surface area contributed by atoms with Crippen LogP contribution in [0.4, 0.5) is 0 Å². The van der Waals surface area contributed by atoms with E-state index >= 15 is 0 Å². The van der Waals surface area contributed by atoms with E-state index in [4.69, 9.17) is 0 Å². The number of likely N-dealkylation sites (tertiary alicyclic amines) is 1. The summed E-state index contributed by atoms with van der Waals surface area (Å²) >= 11 is 0. The van der Waals surface area contributed by atoms with E-state index in [-0.39, 0.29) is 17.7 Å². The number of nitrogens with zero attached hydrogens (tertiary/aromatic N) is 3. The van der Waals surface area contributed by atoms with Crippen molar-refractivity contribution in [1.29, 1.82) is 0 Å². The van der Waals surface area contributed by atoms with Gasteiger partial charge in [0.2, 0.25) is 11.8 Å². The Morgan fingerprint density at radius 2 is 1.91 bits per heavy atom. The Morgan fingerprint density at radius 1 is 1.22 bits per heavy atom. The van der Waals surface area contributed by atoms with Gasteiger partial charge in [-0.3, -0.25) is 9.59 Å². The number of piperidine rings is 1. The molecule has 1 saturated heterocycles. The summed E-state index contributed by atoms with van der Waals surface area (Å²) in [6, 6.07) is 9.99. The molecule has 1 aliphatic rings. The summed E-state index contributed by atoms with van der Waals surface area (Å²) in [7, 11) is 5.82. The quantitative estimate of drug-likeness (QED) is 0.797. The van der Waals surface area contributed by atoms with Gasteiger partial charge in [-0.05, 0) is 26.1 Å². The first-order valence-electron chi connectivity index (χ1n) is 8.18. The molecule has 5 nitrogen and oxygen atoms in total. The summed E-state index contributed by atoms with van der Waals surface area (Å²) in [5.41, 5.74) is 1.12. The van der Waals surface area contributed by atoms with Crippen LogP contribution >= 0.6 is 0 Å². The Kier molecular flexibility index (Phi) is 6.16. The molecule has 0 aromatic heterocycles. The smallest absolute Gasteiger partial charge is 0.227 e. The highest BCUT2D eigenvalue weighted by atomic mass is 16.2. The van der Waals surface area contributed by atoms with Crippen molar-refractivity contribution in [3.8, 4) is 0 Å². The molecular formula is C18H27N3O2. The van der Waals surface area contributed by atoms with E-state index in [2.05, 4.69) is 4.90 Å². The van der Waals surface area contributed by atoms with Gasteiger partial charge in [0.05, 0.1) is 5.92 Å². The fourth-order valence-corrected chi connectivity index (χ4v) is 2.90.